The summed E-state index contributed by atoms with van der Waals surface area (Å²) in [4.78, 5) is 7.64. The molecular formula is C9H10ClN5O. The Balaban J connectivity index is 2.34. The van der Waals surface area contributed by atoms with Gasteiger partial charge in [-0.25, -0.2) is 9.67 Å². The van der Waals surface area contributed by atoms with Crippen LogP contribution in [-0.4, -0.2) is 19.7 Å². The molecule has 0 aromatic carbocycles. The van der Waals surface area contributed by atoms with Crippen molar-refractivity contribution in [3.05, 3.63) is 23.1 Å². The van der Waals surface area contributed by atoms with Gasteiger partial charge in [0.2, 0.25) is 11.8 Å². The topological polar surface area (TPSA) is 78.9 Å². The predicted octanol–water partition coefficient (Wildman–Crippen LogP) is 1.55. The summed E-state index contributed by atoms with van der Waals surface area (Å²) >= 11 is 5.90. The second kappa shape index (κ2) is 3.97. The number of aryl methyl sites for hydroxylation is 2. The molecule has 0 aliphatic carbocycles. The molecule has 0 aliphatic rings. The summed E-state index contributed by atoms with van der Waals surface area (Å²) < 4.78 is 7.07. The molecule has 2 heterocycles. The lowest BCUT2D eigenvalue weighted by atomic mass is 10.5. The Bertz CT molecular complexity index is 525. The third kappa shape index (κ3) is 1.92. The quantitative estimate of drug-likeness (QED) is 0.860. The van der Waals surface area contributed by atoms with Crippen molar-refractivity contribution < 1.29 is 4.74 Å². The zero-order valence-corrected chi connectivity index (χ0v) is 9.56. The van der Waals surface area contributed by atoms with Crippen molar-refractivity contribution in [1.29, 1.82) is 0 Å². The molecule has 0 amide bonds. The Kier molecular flexibility index (Phi) is 2.66. The number of aromatic nitrogens is 4. The van der Waals surface area contributed by atoms with Crippen molar-refractivity contribution in [3.8, 4) is 11.8 Å². The lowest BCUT2D eigenvalue weighted by molar-refractivity contribution is 0.415. The molecule has 84 valence electrons. The summed E-state index contributed by atoms with van der Waals surface area (Å²) in [6.45, 7) is 1.86. The largest absolute Gasteiger partial charge is 0.419 e. The lowest BCUT2D eigenvalue weighted by Gasteiger charge is -2.06. The maximum Gasteiger partial charge on any atom is 0.245 e. The van der Waals surface area contributed by atoms with E-state index in [0.717, 1.165) is 5.69 Å². The van der Waals surface area contributed by atoms with Crippen LogP contribution in [0.3, 0.4) is 0 Å². The van der Waals surface area contributed by atoms with Crippen LogP contribution in [0.15, 0.2) is 12.4 Å². The zero-order chi connectivity index (χ0) is 11.7. The van der Waals surface area contributed by atoms with Crippen molar-refractivity contribution >= 4 is 17.4 Å². The van der Waals surface area contributed by atoms with Gasteiger partial charge in [0.05, 0.1) is 5.69 Å². The Morgan fingerprint density at radius 1 is 1.44 bits per heavy atom. The maximum absolute atomic E-state index is 5.90. The van der Waals surface area contributed by atoms with Crippen molar-refractivity contribution in [3.63, 3.8) is 0 Å². The van der Waals surface area contributed by atoms with E-state index in [2.05, 4.69) is 15.1 Å². The number of nitrogens with zero attached hydrogens (tertiary/aromatic N) is 4. The third-order valence-corrected chi connectivity index (χ3v) is 2.30. The first kappa shape index (κ1) is 10.7. The van der Waals surface area contributed by atoms with Gasteiger partial charge >= 0.3 is 0 Å². The maximum atomic E-state index is 5.90. The second-order valence-corrected chi connectivity index (χ2v) is 3.61. The SMILES string of the molecule is Cc1cc(Oc2ncnc(N)c2Cl)n(C)n1. The summed E-state index contributed by atoms with van der Waals surface area (Å²) in [5.74, 6) is 0.945. The van der Waals surface area contributed by atoms with Gasteiger partial charge in [0.1, 0.15) is 17.2 Å². The minimum absolute atomic E-state index is 0.186. The predicted molar refractivity (Wildman–Crippen MR) is 59.5 cm³/mol. The Labute approximate surface area is 97.0 Å². The molecule has 2 aromatic rings. The number of nitrogen functional groups attached to an aromatic ring is 1. The molecule has 2 aromatic heterocycles. The highest BCUT2D eigenvalue weighted by atomic mass is 35.5. The summed E-state index contributed by atoms with van der Waals surface area (Å²) in [7, 11) is 1.76. The van der Waals surface area contributed by atoms with Gasteiger partial charge in [-0.15, -0.1) is 0 Å². The third-order valence-electron chi connectivity index (χ3n) is 1.94. The number of ether oxygens (including phenoxy) is 1. The van der Waals surface area contributed by atoms with E-state index in [1.807, 2.05) is 6.92 Å². The molecule has 16 heavy (non-hydrogen) atoms. The first-order valence-electron chi connectivity index (χ1n) is 4.52. The van der Waals surface area contributed by atoms with Gasteiger partial charge in [0.15, 0.2) is 0 Å². The van der Waals surface area contributed by atoms with Crippen LogP contribution < -0.4 is 10.5 Å². The Morgan fingerprint density at radius 2 is 2.19 bits per heavy atom. The van der Waals surface area contributed by atoms with Gasteiger partial charge in [-0.3, -0.25) is 0 Å². The minimum atomic E-state index is 0.186. The number of anilines is 1. The molecule has 0 atom stereocenters. The van der Waals surface area contributed by atoms with Gasteiger partial charge < -0.3 is 10.5 Å². The van der Waals surface area contributed by atoms with E-state index in [9.17, 15) is 0 Å². The highest BCUT2D eigenvalue weighted by Crippen LogP contribution is 2.29. The number of halogens is 1. The van der Waals surface area contributed by atoms with Crippen LogP contribution >= 0.6 is 11.6 Å². The molecule has 0 unspecified atom stereocenters. The van der Waals surface area contributed by atoms with Crippen LogP contribution in [0.4, 0.5) is 5.82 Å². The van der Waals surface area contributed by atoms with Crippen LogP contribution in [0.5, 0.6) is 11.8 Å². The average Bonchev–Trinajstić information content (AvgIpc) is 2.53. The molecule has 0 saturated carbocycles. The van der Waals surface area contributed by atoms with Crippen molar-refractivity contribution in [1.82, 2.24) is 19.7 Å². The number of rotatable bonds is 2. The zero-order valence-electron chi connectivity index (χ0n) is 8.81. The summed E-state index contributed by atoms with van der Waals surface area (Å²) in [6, 6.07) is 1.77. The van der Waals surface area contributed by atoms with E-state index >= 15 is 0 Å². The van der Waals surface area contributed by atoms with Crippen LogP contribution in [0, 0.1) is 6.92 Å². The van der Waals surface area contributed by atoms with E-state index < -0.39 is 0 Å². The summed E-state index contributed by atoms with van der Waals surface area (Å²) in [6.07, 6.45) is 1.29. The number of hydrogen-bond donors (Lipinski definition) is 1. The minimum Gasteiger partial charge on any atom is -0.419 e. The molecule has 6 nitrogen and oxygen atoms in total. The van der Waals surface area contributed by atoms with Gasteiger partial charge in [-0.05, 0) is 6.92 Å². The molecule has 0 aliphatic heterocycles. The fourth-order valence-corrected chi connectivity index (χ4v) is 1.36. The molecule has 2 N–H and O–H groups in total. The molecule has 7 heteroatoms. The van der Waals surface area contributed by atoms with E-state index in [1.54, 1.807) is 17.8 Å². The molecule has 2 rings (SSSR count). The van der Waals surface area contributed by atoms with Crippen LogP contribution in [0.1, 0.15) is 5.69 Å². The van der Waals surface area contributed by atoms with Crippen LogP contribution in [0.2, 0.25) is 5.02 Å². The lowest BCUT2D eigenvalue weighted by Crippen LogP contribution is -1.99. The van der Waals surface area contributed by atoms with Crippen molar-refractivity contribution in [2.75, 3.05) is 5.73 Å². The van der Waals surface area contributed by atoms with E-state index in [-0.39, 0.29) is 16.7 Å². The van der Waals surface area contributed by atoms with Gasteiger partial charge in [-0.1, -0.05) is 11.6 Å². The van der Waals surface area contributed by atoms with Gasteiger partial charge in [0.25, 0.3) is 0 Å². The van der Waals surface area contributed by atoms with Crippen molar-refractivity contribution in [2.45, 2.75) is 6.92 Å². The first-order valence-corrected chi connectivity index (χ1v) is 4.90. The molecule has 0 fully saturated rings. The molecule has 0 radical (unpaired) electrons. The Hall–Kier alpha value is -1.82. The smallest absolute Gasteiger partial charge is 0.245 e. The molecule has 0 saturated heterocycles. The fraction of sp³-hybridized carbons (Fsp3) is 0.222. The second-order valence-electron chi connectivity index (χ2n) is 3.23. The van der Waals surface area contributed by atoms with E-state index in [1.165, 1.54) is 6.33 Å². The highest BCUT2D eigenvalue weighted by molar-refractivity contribution is 6.34. The summed E-state index contributed by atoms with van der Waals surface area (Å²) in [5, 5.41) is 4.33. The van der Waals surface area contributed by atoms with Crippen LogP contribution in [0.25, 0.3) is 0 Å². The monoisotopic (exact) mass is 239 g/mol. The average molecular weight is 240 g/mol. The van der Waals surface area contributed by atoms with Gasteiger partial charge in [-0.2, -0.15) is 10.1 Å². The first-order chi connectivity index (χ1) is 7.58. The number of nitrogens with two attached hydrogens (primary N) is 1. The number of hydrogen-bond acceptors (Lipinski definition) is 5. The van der Waals surface area contributed by atoms with Gasteiger partial charge in [0, 0.05) is 13.1 Å². The molecular weight excluding hydrogens is 230 g/mol. The van der Waals surface area contributed by atoms with E-state index in [4.69, 9.17) is 22.1 Å². The Morgan fingerprint density at radius 3 is 2.81 bits per heavy atom. The molecule has 0 spiro atoms. The highest BCUT2D eigenvalue weighted by Gasteiger charge is 2.11. The normalized spacial score (nSPS) is 10.4. The van der Waals surface area contributed by atoms with E-state index in [0.29, 0.717) is 5.88 Å². The standard InChI is InChI=1S/C9H10ClN5O/c1-5-3-6(15(2)14-5)16-9-7(10)8(11)12-4-13-9/h3-4H,1-2H3,(H2,11,12,13). The fourth-order valence-electron chi connectivity index (χ4n) is 1.22. The molecule has 0 bridgehead atoms. The van der Waals surface area contributed by atoms with Crippen LogP contribution in [-0.2, 0) is 7.05 Å². The van der Waals surface area contributed by atoms with Crippen molar-refractivity contribution in [2.24, 2.45) is 7.05 Å². The summed E-state index contributed by atoms with van der Waals surface area (Å²) in [5.41, 5.74) is 6.38.